The van der Waals surface area contributed by atoms with E-state index >= 15 is 0 Å². The smallest absolute Gasteiger partial charge is 0.250 e. The second-order valence-electron chi connectivity index (χ2n) is 3.81. The minimum Gasteiger partial charge on any atom is -0.339 e. The highest BCUT2D eigenvalue weighted by Gasteiger charge is 2.28. The van der Waals surface area contributed by atoms with Crippen LogP contribution in [0.25, 0.3) is 0 Å². The van der Waals surface area contributed by atoms with Gasteiger partial charge in [0, 0.05) is 13.1 Å². The molecule has 0 bridgehead atoms. The molecule has 0 atom stereocenters. The van der Waals surface area contributed by atoms with Crippen molar-refractivity contribution in [3.8, 4) is 12.1 Å². The van der Waals surface area contributed by atoms with Gasteiger partial charge in [-0.3, -0.25) is 0 Å². The molecule has 20 heavy (non-hydrogen) atoms. The van der Waals surface area contributed by atoms with Crippen LogP contribution in [0.15, 0.2) is 0 Å². The predicted molar refractivity (Wildman–Crippen MR) is 76.5 cm³/mol. The summed E-state index contributed by atoms with van der Waals surface area (Å²) < 4.78 is -1.75. The van der Waals surface area contributed by atoms with E-state index < -0.39 is 3.79 Å². The molecule has 0 amide bonds. The number of hydrogen-bond donors (Lipinski definition) is 0. The Kier molecular flexibility index (Phi) is 6.22. The number of rotatable bonds is 5. The van der Waals surface area contributed by atoms with Gasteiger partial charge in [0.25, 0.3) is 0 Å². The molecule has 0 aliphatic heterocycles. The highest BCUT2D eigenvalue weighted by atomic mass is 35.6. The molecular formula is C11H11Cl3N6. The van der Waals surface area contributed by atoms with Gasteiger partial charge in [-0.05, 0) is 6.92 Å². The third-order valence-corrected chi connectivity index (χ3v) is 2.77. The van der Waals surface area contributed by atoms with Crippen molar-refractivity contribution >= 4 is 40.8 Å². The number of aryl methyl sites for hydroxylation is 1. The summed E-state index contributed by atoms with van der Waals surface area (Å²) in [5, 5.41) is 17.3. The first kappa shape index (κ1) is 16.7. The fourth-order valence-corrected chi connectivity index (χ4v) is 1.67. The van der Waals surface area contributed by atoms with Gasteiger partial charge < -0.3 is 4.90 Å². The molecule has 1 heterocycles. The van der Waals surface area contributed by atoms with Crippen molar-refractivity contribution in [2.75, 3.05) is 18.0 Å². The largest absolute Gasteiger partial charge is 0.339 e. The lowest BCUT2D eigenvalue weighted by atomic mass is 10.3. The van der Waals surface area contributed by atoms with E-state index in [1.807, 2.05) is 12.1 Å². The second-order valence-corrected chi connectivity index (χ2v) is 6.09. The Morgan fingerprint density at radius 3 is 2.05 bits per heavy atom. The van der Waals surface area contributed by atoms with Gasteiger partial charge in [-0.2, -0.15) is 20.5 Å². The van der Waals surface area contributed by atoms with Crippen molar-refractivity contribution in [1.29, 1.82) is 10.5 Å². The first-order valence-corrected chi connectivity index (χ1v) is 6.80. The van der Waals surface area contributed by atoms with Crippen LogP contribution < -0.4 is 4.90 Å². The Hall–Kier alpha value is -1.34. The SMILES string of the molecule is Cc1nc(N(CCC#N)CCC#N)nc(C(Cl)(Cl)Cl)n1. The Morgan fingerprint density at radius 2 is 1.60 bits per heavy atom. The summed E-state index contributed by atoms with van der Waals surface area (Å²) in [6.07, 6.45) is 0.554. The van der Waals surface area contributed by atoms with Gasteiger partial charge in [0.05, 0.1) is 25.0 Å². The number of nitriles is 2. The number of anilines is 1. The van der Waals surface area contributed by atoms with Crippen molar-refractivity contribution in [1.82, 2.24) is 15.0 Å². The minimum absolute atomic E-state index is 0.0175. The van der Waals surface area contributed by atoms with Gasteiger partial charge in [-0.15, -0.1) is 0 Å². The molecule has 0 saturated carbocycles. The van der Waals surface area contributed by atoms with E-state index in [1.54, 1.807) is 11.8 Å². The van der Waals surface area contributed by atoms with E-state index in [0.29, 0.717) is 24.9 Å². The summed E-state index contributed by atoms with van der Waals surface area (Å²) in [4.78, 5) is 13.9. The number of halogens is 3. The summed E-state index contributed by atoms with van der Waals surface area (Å²) in [6, 6.07) is 4.06. The summed E-state index contributed by atoms with van der Waals surface area (Å²) in [5.41, 5.74) is 0. The quantitative estimate of drug-likeness (QED) is 0.769. The molecule has 0 aromatic carbocycles. The molecule has 1 aromatic rings. The zero-order chi connectivity index (χ0) is 15.2. The second kappa shape index (κ2) is 7.44. The van der Waals surface area contributed by atoms with Crippen molar-refractivity contribution in [3.63, 3.8) is 0 Å². The van der Waals surface area contributed by atoms with E-state index in [0.717, 1.165) is 0 Å². The molecule has 0 unspecified atom stereocenters. The van der Waals surface area contributed by atoms with Gasteiger partial charge in [-0.25, -0.2) is 4.98 Å². The Balaban J connectivity index is 3.09. The van der Waals surface area contributed by atoms with Gasteiger partial charge >= 0.3 is 0 Å². The Morgan fingerprint density at radius 1 is 1.05 bits per heavy atom. The molecule has 0 N–H and O–H groups in total. The normalized spacial score (nSPS) is 10.7. The van der Waals surface area contributed by atoms with E-state index in [1.165, 1.54) is 0 Å². The highest BCUT2D eigenvalue weighted by molar-refractivity contribution is 6.66. The molecular weight excluding hydrogens is 323 g/mol. The van der Waals surface area contributed by atoms with Crippen molar-refractivity contribution in [2.45, 2.75) is 23.6 Å². The maximum atomic E-state index is 8.67. The molecule has 0 fully saturated rings. The molecule has 106 valence electrons. The summed E-state index contributed by atoms with van der Waals surface area (Å²) in [7, 11) is 0. The van der Waals surface area contributed by atoms with Crippen molar-refractivity contribution in [3.05, 3.63) is 11.6 Å². The van der Waals surface area contributed by atoms with Crippen LogP contribution in [-0.4, -0.2) is 28.0 Å². The third-order valence-electron chi connectivity index (χ3n) is 2.26. The fraction of sp³-hybridized carbons (Fsp3) is 0.545. The van der Waals surface area contributed by atoms with Crippen LogP contribution in [0.5, 0.6) is 0 Å². The number of aromatic nitrogens is 3. The van der Waals surface area contributed by atoms with Gasteiger partial charge in [0.15, 0.2) is 5.82 Å². The molecule has 0 saturated heterocycles. The van der Waals surface area contributed by atoms with Crippen LogP contribution in [0.4, 0.5) is 5.95 Å². The average Bonchev–Trinajstić information content (AvgIpc) is 2.37. The molecule has 0 aliphatic rings. The van der Waals surface area contributed by atoms with Crippen LogP contribution in [0.1, 0.15) is 24.5 Å². The lowest BCUT2D eigenvalue weighted by Gasteiger charge is -2.21. The maximum Gasteiger partial charge on any atom is 0.250 e. The number of alkyl halides is 3. The maximum absolute atomic E-state index is 8.67. The van der Waals surface area contributed by atoms with Crippen LogP contribution in [-0.2, 0) is 3.79 Å². The molecule has 1 aromatic heterocycles. The Labute approximate surface area is 131 Å². The number of hydrogen-bond acceptors (Lipinski definition) is 6. The lowest BCUT2D eigenvalue weighted by Crippen LogP contribution is -2.29. The molecule has 0 radical (unpaired) electrons. The van der Waals surface area contributed by atoms with Crippen molar-refractivity contribution < 1.29 is 0 Å². The Bertz CT molecular complexity index is 525. The first-order valence-electron chi connectivity index (χ1n) is 5.67. The van der Waals surface area contributed by atoms with Crippen LogP contribution in [0.3, 0.4) is 0 Å². The van der Waals surface area contributed by atoms with Gasteiger partial charge in [0.1, 0.15) is 5.82 Å². The molecule has 0 spiro atoms. The van der Waals surface area contributed by atoms with Crippen LogP contribution in [0, 0.1) is 29.6 Å². The van der Waals surface area contributed by atoms with E-state index in [-0.39, 0.29) is 18.7 Å². The highest BCUT2D eigenvalue weighted by Crippen LogP contribution is 2.36. The molecule has 0 aliphatic carbocycles. The molecule has 9 heteroatoms. The third kappa shape index (κ3) is 4.97. The van der Waals surface area contributed by atoms with E-state index in [4.69, 9.17) is 45.3 Å². The summed E-state index contributed by atoms with van der Waals surface area (Å²) >= 11 is 17.3. The summed E-state index contributed by atoms with van der Waals surface area (Å²) in [5.74, 6) is 0.712. The number of nitrogens with zero attached hydrogens (tertiary/aromatic N) is 6. The lowest BCUT2D eigenvalue weighted by molar-refractivity contribution is 0.740. The van der Waals surface area contributed by atoms with E-state index in [2.05, 4.69) is 15.0 Å². The molecule has 6 nitrogen and oxygen atoms in total. The first-order chi connectivity index (χ1) is 9.38. The topological polar surface area (TPSA) is 89.5 Å². The van der Waals surface area contributed by atoms with Gasteiger partial charge in [0.2, 0.25) is 9.74 Å². The van der Waals surface area contributed by atoms with Crippen LogP contribution >= 0.6 is 34.8 Å². The van der Waals surface area contributed by atoms with Crippen LogP contribution in [0.2, 0.25) is 0 Å². The predicted octanol–water partition coefficient (Wildman–Crippen LogP) is 2.64. The minimum atomic E-state index is -1.75. The van der Waals surface area contributed by atoms with E-state index in [9.17, 15) is 0 Å². The fourth-order valence-electron chi connectivity index (χ4n) is 1.42. The monoisotopic (exact) mass is 332 g/mol. The average molecular weight is 334 g/mol. The standard InChI is InChI=1S/C11H11Cl3N6/c1-8-17-9(11(12,13)14)19-10(18-8)20(6-2-4-15)7-3-5-16/h2-3,6-7H2,1H3. The molecule has 1 rings (SSSR count). The zero-order valence-corrected chi connectivity index (χ0v) is 12.9. The van der Waals surface area contributed by atoms with Crippen molar-refractivity contribution in [2.24, 2.45) is 0 Å². The summed E-state index contributed by atoms with van der Waals surface area (Å²) in [6.45, 7) is 2.43. The zero-order valence-electron chi connectivity index (χ0n) is 10.6. The van der Waals surface area contributed by atoms with Gasteiger partial charge in [-0.1, -0.05) is 34.8 Å².